The van der Waals surface area contributed by atoms with Gasteiger partial charge in [-0.05, 0) is 66.2 Å². The lowest BCUT2D eigenvalue weighted by molar-refractivity contribution is 0.0959. The smallest absolute Gasteiger partial charge is 0.255 e. The van der Waals surface area contributed by atoms with Crippen molar-refractivity contribution in [1.29, 1.82) is 0 Å². The number of anilines is 1. The first-order valence-electron chi connectivity index (χ1n) is 11.3. The van der Waals surface area contributed by atoms with Crippen molar-refractivity contribution < 1.29 is 18.4 Å². The molecule has 2 amide bonds. The van der Waals surface area contributed by atoms with Gasteiger partial charge in [0.05, 0.1) is 6.04 Å². The summed E-state index contributed by atoms with van der Waals surface area (Å²) in [6.45, 7) is 0. The molecule has 6 rings (SSSR count). The second-order valence-electron chi connectivity index (χ2n) is 8.65. The van der Waals surface area contributed by atoms with Gasteiger partial charge in [0.15, 0.2) is 5.65 Å². The van der Waals surface area contributed by atoms with E-state index < -0.39 is 29.5 Å². The van der Waals surface area contributed by atoms with Crippen LogP contribution in [0.25, 0.3) is 16.8 Å². The van der Waals surface area contributed by atoms with Crippen LogP contribution in [0.2, 0.25) is 10.0 Å². The van der Waals surface area contributed by atoms with Crippen molar-refractivity contribution in [2.24, 2.45) is 0 Å². The molecule has 0 bridgehead atoms. The zero-order valence-corrected chi connectivity index (χ0v) is 20.7. The third-order valence-electron chi connectivity index (χ3n) is 6.24. The number of benzene rings is 3. The molecule has 0 aliphatic carbocycles. The maximum Gasteiger partial charge on any atom is 0.255 e. The third kappa shape index (κ3) is 4.25. The van der Waals surface area contributed by atoms with Gasteiger partial charge < -0.3 is 10.6 Å². The molecule has 0 saturated carbocycles. The summed E-state index contributed by atoms with van der Waals surface area (Å²) in [4.78, 5) is 30.5. The van der Waals surface area contributed by atoms with Gasteiger partial charge in [0, 0.05) is 49.7 Å². The molecule has 3 aromatic carbocycles. The largest absolute Gasteiger partial charge is 0.341 e. The fraction of sp³-hybridized carbons (Fsp3) is 0.0370. The highest BCUT2D eigenvalue weighted by Crippen LogP contribution is 2.42. The number of carbonyl (C=O) groups is 2. The summed E-state index contributed by atoms with van der Waals surface area (Å²) in [6.07, 6.45) is 3.15. The number of pyridine rings is 1. The molecule has 0 spiro atoms. The van der Waals surface area contributed by atoms with Crippen LogP contribution >= 0.6 is 23.2 Å². The van der Waals surface area contributed by atoms with E-state index in [1.54, 1.807) is 35.0 Å². The van der Waals surface area contributed by atoms with Gasteiger partial charge in [0.25, 0.3) is 11.8 Å². The molecule has 7 nitrogen and oxygen atoms in total. The van der Waals surface area contributed by atoms with Gasteiger partial charge in [0.1, 0.15) is 18.0 Å². The minimum absolute atomic E-state index is 0.0178. The molecule has 1 aliphatic rings. The van der Waals surface area contributed by atoms with Gasteiger partial charge >= 0.3 is 0 Å². The van der Waals surface area contributed by atoms with E-state index in [9.17, 15) is 18.4 Å². The lowest BCUT2D eigenvalue weighted by Crippen LogP contribution is -2.21. The second kappa shape index (κ2) is 9.20. The van der Waals surface area contributed by atoms with E-state index in [1.807, 2.05) is 0 Å². The van der Waals surface area contributed by atoms with Gasteiger partial charge in [-0.2, -0.15) is 5.10 Å². The molecule has 2 N–H and O–H groups in total. The van der Waals surface area contributed by atoms with E-state index >= 15 is 0 Å². The average Bonchev–Trinajstić information content (AvgIpc) is 3.49. The minimum atomic E-state index is -0.848. The predicted octanol–water partition coefficient (Wildman–Crippen LogP) is 6.07. The number of hydrogen-bond acceptors (Lipinski definition) is 4. The minimum Gasteiger partial charge on any atom is -0.341 e. The fourth-order valence-electron chi connectivity index (χ4n) is 4.54. The van der Waals surface area contributed by atoms with E-state index in [2.05, 4.69) is 20.7 Å². The van der Waals surface area contributed by atoms with Crippen molar-refractivity contribution in [3.8, 4) is 11.1 Å². The number of carbonyl (C=O) groups excluding carboxylic acids is 2. The topological polar surface area (TPSA) is 88.4 Å². The Labute approximate surface area is 224 Å². The van der Waals surface area contributed by atoms with Gasteiger partial charge in [0.2, 0.25) is 0 Å². The molecule has 2 aromatic heterocycles. The van der Waals surface area contributed by atoms with Crippen LogP contribution in [-0.4, -0.2) is 26.4 Å². The number of hydrogen-bond donors (Lipinski definition) is 2. The molecule has 5 aromatic rings. The molecule has 0 fully saturated rings. The van der Waals surface area contributed by atoms with Gasteiger partial charge in [-0.1, -0.05) is 23.2 Å². The van der Waals surface area contributed by atoms with Crippen LogP contribution in [0.5, 0.6) is 0 Å². The number of amides is 2. The summed E-state index contributed by atoms with van der Waals surface area (Å²) in [6, 6.07) is 13.4. The lowest BCUT2D eigenvalue weighted by atomic mass is 9.93. The van der Waals surface area contributed by atoms with E-state index in [0.29, 0.717) is 27.9 Å². The number of aromatic nitrogens is 3. The highest BCUT2D eigenvalue weighted by Gasteiger charge is 2.35. The summed E-state index contributed by atoms with van der Waals surface area (Å²) in [5.74, 6) is -2.30. The Kier molecular flexibility index (Phi) is 5.81. The van der Waals surface area contributed by atoms with E-state index in [-0.39, 0.29) is 26.9 Å². The Bertz CT molecular complexity index is 1770. The molecule has 0 saturated heterocycles. The lowest BCUT2D eigenvalue weighted by Gasteiger charge is -2.19. The molecule has 38 heavy (non-hydrogen) atoms. The third-order valence-corrected chi connectivity index (χ3v) is 6.80. The van der Waals surface area contributed by atoms with Gasteiger partial charge in [-0.25, -0.2) is 18.3 Å². The maximum atomic E-state index is 14.2. The second-order valence-corrected chi connectivity index (χ2v) is 9.49. The maximum absolute atomic E-state index is 14.2. The van der Waals surface area contributed by atoms with Gasteiger partial charge in [-0.3, -0.25) is 9.59 Å². The summed E-state index contributed by atoms with van der Waals surface area (Å²) in [5.41, 5.74) is 3.12. The van der Waals surface area contributed by atoms with Crippen molar-refractivity contribution in [3.05, 3.63) is 117 Å². The van der Waals surface area contributed by atoms with Crippen molar-refractivity contribution in [2.75, 3.05) is 5.32 Å². The number of fused-ring (bicyclic) bond motifs is 2. The quantitative estimate of drug-likeness (QED) is 0.285. The number of nitrogens with one attached hydrogen (secondary N) is 2. The highest BCUT2D eigenvalue weighted by molar-refractivity contribution is 6.31. The highest BCUT2D eigenvalue weighted by atomic mass is 35.5. The molecular weight excluding hydrogens is 535 g/mol. The number of halogens is 4. The van der Waals surface area contributed by atoms with Crippen LogP contribution in [0.3, 0.4) is 0 Å². The molecule has 188 valence electrons. The van der Waals surface area contributed by atoms with Crippen molar-refractivity contribution >= 4 is 46.4 Å². The Hall–Kier alpha value is -4.34. The fourth-order valence-corrected chi connectivity index (χ4v) is 4.99. The molecule has 1 aliphatic heterocycles. The average molecular weight is 550 g/mol. The first-order valence-corrected chi connectivity index (χ1v) is 12.0. The first kappa shape index (κ1) is 24.0. The van der Waals surface area contributed by atoms with Crippen molar-refractivity contribution in [1.82, 2.24) is 19.9 Å². The molecular formula is C27H15Cl2F2N5O2. The van der Waals surface area contributed by atoms with Crippen molar-refractivity contribution in [3.63, 3.8) is 0 Å². The Morgan fingerprint density at radius 3 is 2.63 bits per heavy atom. The van der Waals surface area contributed by atoms with Crippen LogP contribution in [-0.2, 0) is 0 Å². The summed E-state index contributed by atoms with van der Waals surface area (Å²) >= 11 is 12.3. The molecule has 0 radical (unpaired) electrons. The summed E-state index contributed by atoms with van der Waals surface area (Å²) < 4.78 is 29.7. The summed E-state index contributed by atoms with van der Waals surface area (Å²) in [7, 11) is 0. The normalized spacial score (nSPS) is 14.4. The number of nitrogens with zero attached hydrogens (tertiary/aromatic N) is 3. The number of rotatable bonds is 4. The Morgan fingerprint density at radius 1 is 0.974 bits per heavy atom. The van der Waals surface area contributed by atoms with E-state index in [1.165, 1.54) is 30.6 Å². The van der Waals surface area contributed by atoms with Crippen LogP contribution in [0.4, 0.5) is 14.5 Å². The summed E-state index contributed by atoms with van der Waals surface area (Å²) in [5, 5.41) is 10.0. The zero-order valence-electron chi connectivity index (χ0n) is 19.2. The van der Waals surface area contributed by atoms with Gasteiger partial charge in [-0.15, -0.1) is 0 Å². The molecule has 3 heterocycles. The van der Waals surface area contributed by atoms with E-state index in [0.717, 1.165) is 12.1 Å². The van der Waals surface area contributed by atoms with Crippen LogP contribution in [0.1, 0.15) is 37.9 Å². The first-order chi connectivity index (χ1) is 18.3. The van der Waals surface area contributed by atoms with Crippen LogP contribution in [0, 0.1) is 11.6 Å². The standard InChI is InChI=1S/C27H15Cl2F2N5O2/c28-16-5-15(6-18(31)9-16)26(37)34-22-8-14(13-1-4-23-32-12-33-36(23)11-13)7-20-24(22)25(35-27(20)38)19-10-17(30)2-3-21(19)29/h1-12,25H,(H,34,37)(H,35,38)/t25-/m0/s1. The molecule has 11 heteroatoms. The Morgan fingerprint density at radius 2 is 1.82 bits per heavy atom. The van der Waals surface area contributed by atoms with Crippen molar-refractivity contribution in [2.45, 2.75) is 6.04 Å². The monoisotopic (exact) mass is 549 g/mol. The Balaban J connectivity index is 1.52. The van der Waals surface area contributed by atoms with Crippen LogP contribution in [0.15, 0.2) is 73.2 Å². The SMILES string of the molecule is O=C(Nc1cc(-c2ccc3ncnn3c2)cc2c1[C@H](c1cc(F)ccc1Cl)NC2=O)c1cc(F)cc(Cl)c1. The predicted molar refractivity (Wildman–Crippen MR) is 139 cm³/mol. The zero-order chi connectivity index (χ0) is 26.6. The molecule has 0 unspecified atom stereocenters. The molecule has 1 atom stereocenters. The van der Waals surface area contributed by atoms with Crippen LogP contribution < -0.4 is 10.6 Å². The van der Waals surface area contributed by atoms with E-state index in [4.69, 9.17) is 23.2 Å².